The fourth-order valence-corrected chi connectivity index (χ4v) is 3.30. The molecule has 0 unspecified atom stereocenters. The maximum atomic E-state index is 5.77. The molecule has 0 saturated carbocycles. The molecule has 3 heteroatoms. The average molecular weight is 276 g/mol. The van der Waals surface area contributed by atoms with Crippen LogP contribution in [0.2, 0.25) is 5.15 Å². The van der Waals surface area contributed by atoms with Crippen LogP contribution in [0, 0.1) is 0 Å². The van der Waals surface area contributed by atoms with Crippen molar-refractivity contribution < 1.29 is 0 Å². The summed E-state index contributed by atoms with van der Waals surface area (Å²) in [5, 5.41) is 0.557. The Morgan fingerprint density at radius 1 is 1.11 bits per heavy atom. The van der Waals surface area contributed by atoms with Gasteiger partial charge in [-0.05, 0) is 54.2 Å². The zero-order chi connectivity index (χ0) is 12.4. The first kappa shape index (κ1) is 12.1. The summed E-state index contributed by atoms with van der Waals surface area (Å²) >= 11 is 7.64. The Bertz CT molecular complexity index is 551. The monoisotopic (exact) mass is 275 g/mol. The van der Waals surface area contributed by atoms with E-state index in [9.17, 15) is 0 Å². The van der Waals surface area contributed by atoms with Crippen molar-refractivity contribution in [2.24, 2.45) is 0 Å². The molecule has 3 rings (SSSR count). The third kappa shape index (κ3) is 2.70. The van der Waals surface area contributed by atoms with Crippen molar-refractivity contribution in [1.82, 2.24) is 4.98 Å². The lowest BCUT2D eigenvalue weighted by Gasteiger charge is -2.05. The summed E-state index contributed by atoms with van der Waals surface area (Å²) in [5.74, 6) is 0.947. The number of hydrogen-bond acceptors (Lipinski definition) is 2. The van der Waals surface area contributed by atoms with Crippen molar-refractivity contribution in [3.05, 3.63) is 58.4 Å². The van der Waals surface area contributed by atoms with E-state index in [1.54, 1.807) is 0 Å². The minimum atomic E-state index is 0.557. The van der Waals surface area contributed by atoms with Gasteiger partial charge in [0.15, 0.2) is 0 Å². The van der Waals surface area contributed by atoms with Gasteiger partial charge in [-0.25, -0.2) is 4.98 Å². The van der Waals surface area contributed by atoms with Crippen molar-refractivity contribution in [3.8, 4) is 0 Å². The summed E-state index contributed by atoms with van der Waals surface area (Å²) < 4.78 is 0. The fourth-order valence-electron chi connectivity index (χ4n) is 2.30. The molecule has 1 aliphatic carbocycles. The van der Waals surface area contributed by atoms with Gasteiger partial charge >= 0.3 is 0 Å². The predicted molar refractivity (Wildman–Crippen MR) is 77.3 cm³/mol. The van der Waals surface area contributed by atoms with E-state index in [0.29, 0.717) is 5.15 Å². The summed E-state index contributed by atoms with van der Waals surface area (Å²) in [5.41, 5.74) is 4.28. The Morgan fingerprint density at radius 2 is 2.00 bits per heavy atom. The summed E-state index contributed by atoms with van der Waals surface area (Å²) in [6.45, 7) is 0. The second-order valence-corrected chi connectivity index (χ2v) is 6.00. The number of benzene rings is 1. The van der Waals surface area contributed by atoms with Gasteiger partial charge in [-0.15, -0.1) is 11.8 Å². The molecule has 92 valence electrons. The van der Waals surface area contributed by atoms with Gasteiger partial charge in [0, 0.05) is 16.8 Å². The number of aryl methyl sites for hydroxylation is 2. The number of fused-ring (bicyclic) bond motifs is 1. The zero-order valence-corrected chi connectivity index (χ0v) is 11.6. The molecule has 0 bridgehead atoms. The Kier molecular flexibility index (Phi) is 3.57. The molecule has 0 N–H and O–H groups in total. The molecule has 1 nitrogen and oxygen atoms in total. The van der Waals surface area contributed by atoms with Crippen molar-refractivity contribution >= 4 is 23.4 Å². The van der Waals surface area contributed by atoms with Gasteiger partial charge in [0.25, 0.3) is 0 Å². The standard InChI is InChI=1S/C15H14ClNS/c16-15-7-4-11(9-17-15)10-18-14-6-5-12-2-1-3-13(12)8-14/h4-9H,1-3,10H2. The second kappa shape index (κ2) is 5.33. The Balaban J connectivity index is 1.68. The molecule has 1 aromatic carbocycles. The number of nitrogens with zero attached hydrogens (tertiary/aromatic N) is 1. The van der Waals surface area contributed by atoms with Crippen molar-refractivity contribution in [2.75, 3.05) is 0 Å². The number of pyridine rings is 1. The van der Waals surface area contributed by atoms with E-state index in [4.69, 9.17) is 11.6 Å². The van der Waals surface area contributed by atoms with Crippen LogP contribution >= 0.6 is 23.4 Å². The van der Waals surface area contributed by atoms with Crippen LogP contribution in [0.1, 0.15) is 23.1 Å². The van der Waals surface area contributed by atoms with Gasteiger partial charge < -0.3 is 0 Å². The molecule has 0 saturated heterocycles. The second-order valence-electron chi connectivity index (χ2n) is 4.56. The molecule has 1 heterocycles. The van der Waals surface area contributed by atoms with Crippen LogP contribution < -0.4 is 0 Å². The lowest BCUT2D eigenvalue weighted by molar-refractivity contribution is 0.911. The molecule has 0 spiro atoms. The fraction of sp³-hybridized carbons (Fsp3) is 0.267. The average Bonchev–Trinajstić information content (AvgIpc) is 2.85. The number of aromatic nitrogens is 1. The van der Waals surface area contributed by atoms with Gasteiger partial charge in [-0.2, -0.15) is 0 Å². The first-order valence-electron chi connectivity index (χ1n) is 6.16. The molecule has 2 aromatic rings. The van der Waals surface area contributed by atoms with Crippen LogP contribution in [0.15, 0.2) is 41.4 Å². The highest BCUT2D eigenvalue weighted by Gasteiger charge is 2.10. The van der Waals surface area contributed by atoms with Crippen LogP contribution in [0.4, 0.5) is 0 Å². The van der Waals surface area contributed by atoms with Crippen LogP contribution in [0.5, 0.6) is 0 Å². The van der Waals surface area contributed by atoms with Gasteiger partial charge in [-0.1, -0.05) is 23.7 Å². The molecular formula is C15H14ClNS. The predicted octanol–water partition coefficient (Wildman–Crippen LogP) is 4.52. The minimum Gasteiger partial charge on any atom is -0.244 e. The molecular weight excluding hydrogens is 262 g/mol. The highest BCUT2D eigenvalue weighted by atomic mass is 35.5. The van der Waals surface area contributed by atoms with E-state index in [-0.39, 0.29) is 0 Å². The number of hydrogen-bond donors (Lipinski definition) is 0. The molecule has 0 amide bonds. The SMILES string of the molecule is Clc1ccc(CSc2ccc3c(c2)CCC3)cn1. The number of halogens is 1. The van der Waals surface area contributed by atoms with E-state index in [1.165, 1.54) is 40.8 Å². The molecule has 0 aliphatic heterocycles. The third-order valence-corrected chi connectivity index (χ3v) is 4.55. The van der Waals surface area contributed by atoms with Crippen LogP contribution in [0.3, 0.4) is 0 Å². The Labute approximate surface area is 117 Å². The molecule has 1 aliphatic rings. The summed E-state index contributed by atoms with van der Waals surface area (Å²) in [6.07, 6.45) is 5.65. The quantitative estimate of drug-likeness (QED) is 0.604. The van der Waals surface area contributed by atoms with Gasteiger partial charge in [0.1, 0.15) is 5.15 Å². The molecule has 0 fully saturated rings. The maximum Gasteiger partial charge on any atom is 0.129 e. The van der Waals surface area contributed by atoms with Crippen molar-refractivity contribution in [1.29, 1.82) is 0 Å². The first-order chi connectivity index (χ1) is 8.81. The van der Waals surface area contributed by atoms with Gasteiger partial charge in [0.05, 0.1) is 0 Å². The smallest absolute Gasteiger partial charge is 0.129 e. The highest BCUT2D eigenvalue weighted by Crippen LogP contribution is 2.29. The van der Waals surface area contributed by atoms with Crippen LogP contribution in [-0.4, -0.2) is 4.98 Å². The topological polar surface area (TPSA) is 12.9 Å². The maximum absolute atomic E-state index is 5.77. The Morgan fingerprint density at radius 3 is 2.83 bits per heavy atom. The van der Waals surface area contributed by atoms with Gasteiger partial charge in [-0.3, -0.25) is 0 Å². The molecule has 1 aromatic heterocycles. The van der Waals surface area contributed by atoms with E-state index in [2.05, 4.69) is 23.2 Å². The van der Waals surface area contributed by atoms with Crippen molar-refractivity contribution in [3.63, 3.8) is 0 Å². The molecule has 0 atom stereocenters. The Hall–Kier alpha value is -0.990. The van der Waals surface area contributed by atoms with E-state index >= 15 is 0 Å². The lowest BCUT2D eigenvalue weighted by atomic mass is 10.1. The molecule has 18 heavy (non-hydrogen) atoms. The largest absolute Gasteiger partial charge is 0.244 e. The van der Waals surface area contributed by atoms with Gasteiger partial charge in [0.2, 0.25) is 0 Å². The van der Waals surface area contributed by atoms with Crippen molar-refractivity contribution in [2.45, 2.75) is 29.9 Å². The number of thioether (sulfide) groups is 1. The third-order valence-electron chi connectivity index (χ3n) is 3.26. The van der Waals surface area contributed by atoms with E-state index in [0.717, 1.165) is 5.75 Å². The lowest BCUT2D eigenvalue weighted by Crippen LogP contribution is -1.85. The summed E-state index contributed by atoms with van der Waals surface area (Å²) in [6, 6.07) is 10.7. The minimum absolute atomic E-state index is 0.557. The first-order valence-corrected chi connectivity index (χ1v) is 7.53. The van der Waals surface area contributed by atoms with E-state index in [1.807, 2.05) is 30.1 Å². The normalized spacial score (nSPS) is 13.6. The van der Waals surface area contributed by atoms with Crippen LogP contribution in [-0.2, 0) is 18.6 Å². The zero-order valence-electron chi connectivity index (χ0n) is 10.0. The van der Waals surface area contributed by atoms with E-state index < -0.39 is 0 Å². The van der Waals surface area contributed by atoms with Crippen LogP contribution in [0.25, 0.3) is 0 Å². The number of rotatable bonds is 3. The summed E-state index contributed by atoms with van der Waals surface area (Å²) in [4.78, 5) is 5.45. The summed E-state index contributed by atoms with van der Waals surface area (Å²) in [7, 11) is 0. The molecule has 0 radical (unpaired) electrons. The highest BCUT2D eigenvalue weighted by molar-refractivity contribution is 7.98.